The van der Waals surface area contributed by atoms with E-state index in [2.05, 4.69) is 4.98 Å². The molecule has 1 aromatic rings. The number of aromatic hydroxyl groups is 1. The van der Waals surface area contributed by atoms with E-state index in [9.17, 15) is 15.0 Å². The molecular formula is C14H18N2O3. The highest BCUT2D eigenvalue weighted by atomic mass is 16.3. The Morgan fingerprint density at radius 2 is 2.21 bits per heavy atom. The van der Waals surface area contributed by atoms with Gasteiger partial charge in [-0.1, -0.05) is 6.92 Å². The first-order chi connectivity index (χ1) is 9.02. The van der Waals surface area contributed by atoms with Crippen molar-refractivity contribution in [1.82, 2.24) is 4.98 Å². The van der Waals surface area contributed by atoms with E-state index in [-0.39, 0.29) is 17.7 Å². The first kappa shape index (κ1) is 12.4. The third-order valence-corrected chi connectivity index (χ3v) is 4.29. The van der Waals surface area contributed by atoms with E-state index in [1.807, 2.05) is 6.92 Å². The molecule has 0 unspecified atom stereocenters. The van der Waals surface area contributed by atoms with Gasteiger partial charge in [0.05, 0.1) is 11.8 Å². The maximum Gasteiger partial charge on any atom is 0.228 e. The highest BCUT2D eigenvalue weighted by molar-refractivity contribution is 5.96. The lowest BCUT2D eigenvalue weighted by Crippen LogP contribution is -2.58. The van der Waals surface area contributed by atoms with E-state index in [0.717, 1.165) is 5.56 Å². The number of aromatic nitrogens is 1. The average molecular weight is 262 g/mol. The van der Waals surface area contributed by atoms with Crippen LogP contribution < -0.4 is 4.90 Å². The molecule has 0 atom stereocenters. The predicted molar refractivity (Wildman–Crippen MR) is 70.0 cm³/mol. The van der Waals surface area contributed by atoms with Crippen molar-refractivity contribution >= 4 is 11.7 Å². The van der Waals surface area contributed by atoms with Crippen molar-refractivity contribution in [2.45, 2.75) is 50.7 Å². The summed E-state index contributed by atoms with van der Waals surface area (Å²) in [5, 5.41) is 19.6. The summed E-state index contributed by atoms with van der Waals surface area (Å²) in [7, 11) is 0. The lowest BCUT2D eigenvalue weighted by Gasteiger charge is -2.49. The van der Waals surface area contributed by atoms with E-state index in [1.54, 1.807) is 11.0 Å². The Hall–Kier alpha value is -1.62. The van der Waals surface area contributed by atoms with Gasteiger partial charge in [0.25, 0.3) is 0 Å². The average Bonchev–Trinajstić information content (AvgIpc) is 2.36. The maximum atomic E-state index is 12.1. The minimum absolute atomic E-state index is 0.0357. The first-order valence-electron chi connectivity index (χ1n) is 6.75. The number of carbonyl (C=O) groups is 1. The maximum absolute atomic E-state index is 12.1. The van der Waals surface area contributed by atoms with Gasteiger partial charge in [-0.15, -0.1) is 0 Å². The molecule has 2 heterocycles. The summed E-state index contributed by atoms with van der Waals surface area (Å²) < 4.78 is 0. The molecule has 0 bridgehead atoms. The summed E-state index contributed by atoms with van der Waals surface area (Å²) >= 11 is 0. The Labute approximate surface area is 111 Å². The lowest BCUT2D eigenvalue weighted by molar-refractivity contribution is -0.122. The van der Waals surface area contributed by atoms with E-state index < -0.39 is 5.60 Å². The molecule has 1 saturated carbocycles. The Morgan fingerprint density at radius 1 is 1.47 bits per heavy atom. The molecule has 5 nitrogen and oxygen atoms in total. The summed E-state index contributed by atoms with van der Waals surface area (Å²) in [6, 6.07) is 1.71. The number of aliphatic hydroxyl groups is 1. The van der Waals surface area contributed by atoms with E-state index in [4.69, 9.17) is 0 Å². The Morgan fingerprint density at radius 3 is 2.89 bits per heavy atom. The Kier molecular flexibility index (Phi) is 2.74. The quantitative estimate of drug-likeness (QED) is 0.844. The molecule has 0 spiro atoms. The molecule has 0 saturated heterocycles. The fourth-order valence-electron chi connectivity index (χ4n) is 3.04. The van der Waals surface area contributed by atoms with Crippen molar-refractivity contribution in [3.8, 4) is 5.75 Å². The number of anilines is 1. The van der Waals surface area contributed by atoms with Crippen LogP contribution in [0.5, 0.6) is 5.75 Å². The molecule has 1 aliphatic carbocycles. The first-order valence-corrected chi connectivity index (χ1v) is 6.75. The predicted octanol–water partition coefficient (Wildman–Crippen LogP) is 1.37. The lowest BCUT2D eigenvalue weighted by atomic mass is 9.73. The summed E-state index contributed by atoms with van der Waals surface area (Å²) in [5.41, 5.74) is 0.283. The standard InChI is InChI=1S/C14H18N2O3/c1-2-14(19)6-10(7-14)16-12(18)4-3-9-5-11(17)8-15-13(9)16/h5,8,10,17,19H,2-4,6-7H2,1H3. The van der Waals surface area contributed by atoms with Crippen molar-refractivity contribution in [3.05, 3.63) is 17.8 Å². The molecular weight excluding hydrogens is 244 g/mol. The van der Waals surface area contributed by atoms with Crippen molar-refractivity contribution in [3.63, 3.8) is 0 Å². The molecule has 19 heavy (non-hydrogen) atoms. The van der Waals surface area contributed by atoms with Crippen LogP contribution in [-0.4, -0.2) is 32.7 Å². The number of nitrogens with zero attached hydrogens (tertiary/aromatic N) is 2. The molecule has 2 aliphatic rings. The van der Waals surface area contributed by atoms with Gasteiger partial charge in [-0.3, -0.25) is 9.69 Å². The molecule has 102 valence electrons. The van der Waals surface area contributed by atoms with Crippen LogP contribution in [0.25, 0.3) is 0 Å². The van der Waals surface area contributed by atoms with Gasteiger partial charge in [0, 0.05) is 12.5 Å². The number of carbonyl (C=O) groups excluding carboxylic acids is 1. The third-order valence-electron chi connectivity index (χ3n) is 4.29. The topological polar surface area (TPSA) is 73.7 Å². The van der Waals surface area contributed by atoms with E-state index in [0.29, 0.717) is 37.9 Å². The molecule has 1 aliphatic heterocycles. The molecule has 5 heteroatoms. The number of aryl methyl sites for hydroxylation is 1. The van der Waals surface area contributed by atoms with E-state index in [1.165, 1.54) is 6.20 Å². The largest absolute Gasteiger partial charge is 0.506 e. The number of hydrogen-bond donors (Lipinski definition) is 2. The van der Waals surface area contributed by atoms with Crippen molar-refractivity contribution < 1.29 is 15.0 Å². The van der Waals surface area contributed by atoms with Gasteiger partial charge >= 0.3 is 0 Å². The molecule has 3 rings (SSSR count). The van der Waals surface area contributed by atoms with Crippen LogP contribution in [-0.2, 0) is 11.2 Å². The fraction of sp³-hybridized carbons (Fsp3) is 0.571. The number of pyridine rings is 1. The highest BCUT2D eigenvalue weighted by Crippen LogP contribution is 2.42. The smallest absolute Gasteiger partial charge is 0.228 e. The second-order valence-electron chi connectivity index (χ2n) is 5.58. The monoisotopic (exact) mass is 262 g/mol. The normalized spacial score (nSPS) is 29.9. The molecule has 0 radical (unpaired) electrons. The second kappa shape index (κ2) is 4.20. The minimum atomic E-state index is -0.626. The highest BCUT2D eigenvalue weighted by Gasteiger charge is 2.47. The zero-order valence-electron chi connectivity index (χ0n) is 11.0. The van der Waals surface area contributed by atoms with Crippen molar-refractivity contribution in [2.24, 2.45) is 0 Å². The zero-order chi connectivity index (χ0) is 13.6. The van der Waals surface area contributed by atoms with Gasteiger partial charge in [0.2, 0.25) is 5.91 Å². The minimum Gasteiger partial charge on any atom is -0.506 e. The molecule has 2 N–H and O–H groups in total. The van der Waals surface area contributed by atoms with E-state index >= 15 is 0 Å². The fourth-order valence-corrected chi connectivity index (χ4v) is 3.04. The van der Waals surface area contributed by atoms with Crippen LogP contribution in [0.4, 0.5) is 5.82 Å². The second-order valence-corrected chi connectivity index (χ2v) is 5.58. The summed E-state index contributed by atoms with van der Waals surface area (Å²) in [6.45, 7) is 1.96. The van der Waals surface area contributed by atoms with Crippen LogP contribution in [0, 0.1) is 0 Å². The number of hydrogen-bond acceptors (Lipinski definition) is 4. The molecule has 1 aromatic heterocycles. The number of amides is 1. The summed E-state index contributed by atoms with van der Waals surface area (Å²) in [5.74, 6) is 0.845. The van der Waals surface area contributed by atoms with Crippen LogP contribution in [0.15, 0.2) is 12.3 Å². The summed E-state index contributed by atoms with van der Waals surface area (Å²) in [4.78, 5) is 18.0. The Balaban J connectivity index is 1.88. The van der Waals surface area contributed by atoms with Crippen LogP contribution in [0.1, 0.15) is 38.2 Å². The van der Waals surface area contributed by atoms with Crippen molar-refractivity contribution in [2.75, 3.05) is 4.90 Å². The molecule has 1 fully saturated rings. The van der Waals surface area contributed by atoms with Gasteiger partial charge in [0.1, 0.15) is 11.6 Å². The zero-order valence-corrected chi connectivity index (χ0v) is 11.0. The van der Waals surface area contributed by atoms with Crippen LogP contribution in [0.3, 0.4) is 0 Å². The molecule has 0 aromatic carbocycles. The SMILES string of the molecule is CCC1(O)CC(N2C(=O)CCc3cc(O)cnc32)C1. The molecule has 1 amide bonds. The van der Waals surface area contributed by atoms with Gasteiger partial charge < -0.3 is 10.2 Å². The van der Waals surface area contributed by atoms with Gasteiger partial charge in [-0.2, -0.15) is 0 Å². The summed E-state index contributed by atoms with van der Waals surface area (Å²) in [6.07, 6.45) is 4.36. The third kappa shape index (κ3) is 1.98. The van der Waals surface area contributed by atoms with Gasteiger partial charge in [-0.05, 0) is 37.3 Å². The Bertz CT molecular complexity index is 523. The van der Waals surface area contributed by atoms with Crippen LogP contribution in [0.2, 0.25) is 0 Å². The number of rotatable bonds is 2. The number of fused-ring (bicyclic) bond motifs is 1. The van der Waals surface area contributed by atoms with Crippen molar-refractivity contribution in [1.29, 1.82) is 0 Å². The van der Waals surface area contributed by atoms with Crippen LogP contribution >= 0.6 is 0 Å². The van der Waals surface area contributed by atoms with Gasteiger partial charge in [0.15, 0.2) is 0 Å². The van der Waals surface area contributed by atoms with Gasteiger partial charge in [-0.25, -0.2) is 4.98 Å².